The second-order valence-electron chi connectivity index (χ2n) is 6.19. The number of anilines is 1. The molecule has 0 heterocycles. The number of nitrogens with one attached hydrogen (secondary N) is 1. The fraction of sp³-hybridized carbons (Fsp3) is 0.278. The summed E-state index contributed by atoms with van der Waals surface area (Å²) in [7, 11) is -2.34. The first-order chi connectivity index (χ1) is 12.1. The molecule has 2 rings (SSSR count). The average molecular weight is 415 g/mol. The van der Waals surface area contributed by atoms with Crippen LogP contribution in [0.5, 0.6) is 0 Å². The Morgan fingerprint density at radius 1 is 1.12 bits per heavy atom. The van der Waals surface area contributed by atoms with E-state index in [0.29, 0.717) is 28.7 Å². The summed E-state index contributed by atoms with van der Waals surface area (Å²) in [4.78, 5) is 12.3. The number of halogens is 2. The lowest BCUT2D eigenvalue weighted by Gasteiger charge is -2.20. The minimum Gasteiger partial charge on any atom is -0.352 e. The molecule has 0 radical (unpaired) electrons. The van der Waals surface area contributed by atoms with Crippen molar-refractivity contribution in [1.82, 2.24) is 5.32 Å². The van der Waals surface area contributed by atoms with Crippen molar-refractivity contribution in [2.75, 3.05) is 17.9 Å². The van der Waals surface area contributed by atoms with E-state index in [1.165, 1.54) is 43.4 Å². The van der Waals surface area contributed by atoms with E-state index in [-0.39, 0.29) is 15.8 Å². The number of carbonyl (C=O) groups is 1. The monoisotopic (exact) mass is 414 g/mol. The zero-order valence-electron chi connectivity index (χ0n) is 14.7. The van der Waals surface area contributed by atoms with Gasteiger partial charge in [-0.05, 0) is 48.4 Å². The Kier molecular flexibility index (Phi) is 6.55. The summed E-state index contributed by atoms with van der Waals surface area (Å²) in [6, 6.07) is 10.4. The molecule has 0 aliphatic heterocycles. The van der Waals surface area contributed by atoms with Gasteiger partial charge in [-0.15, -0.1) is 0 Å². The van der Waals surface area contributed by atoms with Crippen LogP contribution in [0, 0.1) is 5.92 Å². The Bertz CT molecular complexity index is 897. The maximum Gasteiger partial charge on any atom is 0.264 e. The lowest BCUT2D eigenvalue weighted by Crippen LogP contribution is -2.28. The van der Waals surface area contributed by atoms with E-state index in [1.54, 1.807) is 6.07 Å². The number of amides is 1. The summed E-state index contributed by atoms with van der Waals surface area (Å²) in [5, 5.41) is 3.41. The molecule has 0 aliphatic carbocycles. The first-order valence-corrected chi connectivity index (χ1v) is 10.1. The predicted octanol–water partition coefficient (Wildman–Crippen LogP) is 4.20. The molecule has 2 aromatic rings. The van der Waals surface area contributed by atoms with Crippen LogP contribution in [0.15, 0.2) is 47.4 Å². The summed E-state index contributed by atoms with van der Waals surface area (Å²) in [6.45, 7) is 4.50. The van der Waals surface area contributed by atoms with Crippen LogP contribution in [0.2, 0.25) is 10.0 Å². The molecule has 8 heteroatoms. The minimum absolute atomic E-state index is 0.110. The normalized spacial score (nSPS) is 11.5. The highest BCUT2D eigenvalue weighted by atomic mass is 35.5. The van der Waals surface area contributed by atoms with Crippen molar-refractivity contribution < 1.29 is 13.2 Å². The van der Waals surface area contributed by atoms with Gasteiger partial charge in [-0.2, -0.15) is 0 Å². The molecule has 0 saturated heterocycles. The van der Waals surface area contributed by atoms with Crippen molar-refractivity contribution in [3.63, 3.8) is 0 Å². The quantitative estimate of drug-likeness (QED) is 0.769. The summed E-state index contributed by atoms with van der Waals surface area (Å²) < 4.78 is 26.5. The van der Waals surface area contributed by atoms with Gasteiger partial charge in [0, 0.05) is 18.6 Å². The van der Waals surface area contributed by atoms with Crippen molar-refractivity contribution in [2.45, 2.75) is 18.7 Å². The van der Waals surface area contributed by atoms with Crippen molar-refractivity contribution in [3.8, 4) is 0 Å². The molecule has 1 N–H and O–H groups in total. The number of nitrogens with zero attached hydrogens (tertiary/aromatic N) is 1. The highest BCUT2D eigenvalue weighted by molar-refractivity contribution is 7.92. The number of benzene rings is 2. The van der Waals surface area contributed by atoms with Gasteiger partial charge in [0.05, 0.1) is 21.2 Å². The van der Waals surface area contributed by atoms with E-state index in [0.717, 1.165) is 4.31 Å². The Morgan fingerprint density at radius 2 is 1.73 bits per heavy atom. The zero-order chi connectivity index (χ0) is 19.5. The Labute approximate surface area is 164 Å². The fourth-order valence-corrected chi connectivity index (χ4v) is 3.75. The number of rotatable bonds is 6. The zero-order valence-corrected chi connectivity index (χ0v) is 17.0. The summed E-state index contributed by atoms with van der Waals surface area (Å²) >= 11 is 12.0. The lowest BCUT2D eigenvalue weighted by atomic mass is 10.1. The largest absolute Gasteiger partial charge is 0.352 e. The third-order valence-corrected chi connectivity index (χ3v) is 6.07. The molecule has 0 aromatic heterocycles. The highest BCUT2D eigenvalue weighted by Crippen LogP contribution is 2.27. The topological polar surface area (TPSA) is 66.5 Å². The standard InChI is InChI=1S/C18H20Cl2N2O3S/c1-12(2)11-21-18(23)16-9-6-14(10-17(16)20)22(3)26(24,25)15-7-4-13(19)5-8-15/h4-10,12H,11H2,1-3H3,(H,21,23). The molecule has 0 fully saturated rings. The van der Waals surface area contributed by atoms with E-state index in [9.17, 15) is 13.2 Å². The number of hydrogen-bond donors (Lipinski definition) is 1. The van der Waals surface area contributed by atoms with Crippen LogP contribution in [0.1, 0.15) is 24.2 Å². The van der Waals surface area contributed by atoms with Gasteiger partial charge in [0.15, 0.2) is 0 Å². The molecule has 1 amide bonds. The molecule has 0 aliphatic rings. The van der Waals surface area contributed by atoms with Gasteiger partial charge in [0.1, 0.15) is 0 Å². The highest BCUT2D eigenvalue weighted by Gasteiger charge is 2.22. The van der Waals surface area contributed by atoms with Crippen LogP contribution in [-0.2, 0) is 10.0 Å². The molecule has 5 nitrogen and oxygen atoms in total. The molecule has 0 bridgehead atoms. The summed E-state index contributed by atoms with van der Waals surface area (Å²) in [5.74, 6) is 0.0195. The van der Waals surface area contributed by atoms with Gasteiger partial charge < -0.3 is 5.32 Å². The van der Waals surface area contributed by atoms with Gasteiger partial charge in [-0.25, -0.2) is 8.42 Å². The summed E-state index contributed by atoms with van der Waals surface area (Å²) in [5.41, 5.74) is 0.652. The second kappa shape index (κ2) is 8.29. The van der Waals surface area contributed by atoms with Gasteiger partial charge in [0.2, 0.25) is 0 Å². The molecule has 26 heavy (non-hydrogen) atoms. The van der Waals surface area contributed by atoms with E-state index < -0.39 is 10.0 Å². The van der Waals surface area contributed by atoms with Crippen LogP contribution in [0.4, 0.5) is 5.69 Å². The van der Waals surface area contributed by atoms with E-state index in [4.69, 9.17) is 23.2 Å². The summed E-state index contributed by atoms with van der Waals surface area (Å²) in [6.07, 6.45) is 0. The van der Waals surface area contributed by atoms with Crippen LogP contribution >= 0.6 is 23.2 Å². The number of carbonyl (C=O) groups excluding carboxylic acids is 1. The smallest absolute Gasteiger partial charge is 0.264 e. The van der Waals surface area contributed by atoms with Gasteiger partial charge in [-0.3, -0.25) is 9.10 Å². The van der Waals surface area contributed by atoms with E-state index >= 15 is 0 Å². The van der Waals surface area contributed by atoms with Crippen LogP contribution in [0.25, 0.3) is 0 Å². The first kappa shape index (κ1) is 20.6. The third-order valence-electron chi connectivity index (χ3n) is 3.70. The maximum atomic E-state index is 12.7. The molecule has 0 spiro atoms. The Hall–Kier alpha value is -1.76. The van der Waals surface area contributed by atoms with Crippen LogP contribution in [-0.4, -0.2) is 27.9 Å². The first-order valence-electron chi connectivity index (χ1n) is 7.95. The van der Waals surface area contributed by atoms with E-state index in [1.807, 2.05) is 13.8 Å². The predicted molar refractivity (Wildman–Crippen MR) is 106 cm³/mol. The van der Waals surface area contributed by atoms with Gasteiger partial charge in [-0.1, -0.05) is 37.0 Å². The van der Waals surface area contributed by atoms with Gasteiger partial charge >= 0.3 is 0 Å². The van der Waals surface area contributed by atoms with Crippen molar-refractivity contribution >= 4 is 44.8 Å². The molecule has 2 aromatic carbocycles. The molecule has 140 valence electrons. The maximum absolute atomic E-state index is 12.7. The molecular weight excluding hydrogens is 395 g/mol. The third kappa shape index (κ3) is 4.69. The van der Waals surface area contributed by atoms with Crippen molar-refractivity contribution in [2.24, 2.45) is 5.92 Å². The number of sulfonamides is 1. The van der Waals surface area contributed by atoms with Crippen molar-refractivity contribution in [1.29, 1.82) is 0 Å². The lowest BCUT2D eigenvalue weighted by molar-refractivity contribution is 0.0949. The van der Waals surface area contributed by atoms with Crippen LogP contribution in [0.3, 0.4) is 0 Å². The molecule has 0 atom stereocenters. The van der Waals surface area contributed by atoms with E-state index in [2.05, 4.69) is 5.32 Å². The van der Waals surface area contributed by atoms with Gasteiger partial charge in [0.25, 0.3) is 15.9 Å². The molecule has 0 unspecified atom stereocenters. The Balaban J connectivity index is 2.27. The Morgan fingerprint density at radius 3 is 2.27 bits per heavy atom. The molecular formula is C18H20Cl2N2O3S. The minimum atomic E-state index is -3.76. The second-order valence-corrected chi connectivity index (χ2v) is 9.01. The fourth-order valence-electron chi connectivity index (χ4n) is 2.18. The SMILES string of the molecule is CC(C)CNC(=O)c1ccc(N(C)S(=O)(=O)c2ccc(Cl)cc2)cc1Cl. The van der Waals surface area contributed by atoms with Crippen LogP contribution < -0.4 is 9.62 Å². The van der Waals surface area contributed by atoms with Crippen molar-refractivity contribution in [3.05, 3.63) is 58.1 Å². The average Bonchev–Trinajstić information content (AvgIpc) is 2.59. The molecule has 0 saturated carbocycles. The number of hydrogen-bond acceptors (Lipinski definition) is 3.